The normalized spacial score (nSPS) is 10.2. The zero-order valence-electron chi connectivity index (χ0n) is 11.5. The molecule has 114 valence electrons. The third kappa shape index (κ3) is 5.16. The number of nitro groups is 1. The molecule has 5 nitrogen and oxygen atoms in total. The molecule has 0 atom stereocenters. The fraction of sp³-hybridized carbons (Fsp3) is 0.133. The Morgan fingerprint density at radius 1 is 1.23 bits per heavy atom. The number of benzene rings is 2. The van der Waals surface area contributed by atoms with Gasteiger partial charge in [-0.3, -0.25) is 14.9 Å². The van der Waals surface area contributed by atoms with Crippen molar-refractivity contribution in [2.75, 3.05) is 11.1 Å². The minimum absolute atomic E-state index is 0.0414. The van der Waals surface area contributed by atoms with Gasteiger partial charge in [0.15, 0.2) is 0 Å². The maximum absolute atomic E-state index is 11.8. The van der Waals surface area contributed by atoms with Gasteiger partial charge in [0.2, 0.25) is 5.91 Å². The molecule has 7 heteroatoms. The van der Waals surface area contributed by atoms with Crippen molar-refractivity contribution in [3.63, 3.8) is 0 Å². The average Bonchev–Trinajstić information content (AvgIpc) is 2.49. The maximum Gasteiger partial charge on any atom is 0.271 e. The summed E-state index contributed by atoms with van der Waals surface area (Å²) in [5, 5.41) is 13.3. The van der Waals surface area contributed by atoms with Gasteiger partial charge in [-0.25, -0.2) is 0 Å². The fourth-order valence-corrected chi connectivity index (χ4v) is 2.79. The monoisotopic (exact) mass is 380 g/mol. The highest BCUT2D eigenvalue weighted by molar-refractivity contribution is 9.10. The van der Waals surface area contributed by atoms with Gasteiger partial charge < -0.3 is 5.32 Å². The van der Waals surface area contributed by atoms with Gasteiger partial charge >= 0.3 is 0 Å². The molecule has 0 radical (unpaired) electrons. The van der Waals surface area contributed by atoms with Crippen LogP contribution in [0.1, 0.15) is 5.56 Å². The Morgan fingerprint density at radius 3 is 2.64 bits per heavy atom. The Labute approximate surface area is 140 Å². The second kappa shape index (κ2) is 7.95. The van der Waals surface area contributed by atoms with E-state index in [1.807, 2.05) is 24.3 Å². The number of hydrogen-bond donors (Lipinski definition) is 1. The number of nitrogens with zero attached hydrogens (tertiary/aromatic N) is 1. The first-order chi connectivity index (χ1) is 10.5. The van der Waals surface area contributed by atoms with Crippen LogP contribution in [-0.2, 0) is 10.5 Å². The second-order valence-corrected chi connectivity index (χ2v) is 6.38. The standard InChI is InChI=1S/C15H13BrN2O3S/c16-12-6-4-11(5-7-12)9-22-10-15(19)17-13-2-1-3-14(8-13)18(20)21/h1-8H,9-10H2,(H,17,19). The lowest BCUT2D eigenvalue weighted by Gasteiger charge is -2.05. The van der Waals surface area contributed by atoms with Crippen LogP contribution in [0, 0.1) is 10.1 Å². The lowest BCUT2D eigenvalue weighted by molar-refractivity contribution is -0.384. The van der Waals surface area contributed by atoms with E-state index in [4.69, 9.17) is 0 Å². The largest absolute Gasteiger partial charge is 0.325 e. The van der Waals surface area contributed by atoms with Gasteiger partial charge in [0.1, 0.15) is 0 Å². The molecule has 0 saturated heterocycles. The van der Waals surface area contributed by atoms with Gasteiger partial charge in [-0.1, -0.05) is 34.1 Å². The number of carbonyl (C=O) groups is 1. The highest BCUT2D eigenvalue weighted by Gasteiger charge is 2.08. The van der Waals surface area contributed by atoms with E-state index in [0.29, 0.717) is 11.4 Å². The van der Waals surface area contributed by atoms with Crippen molar-refractivity contribution in [3.05, 3.63) is 68.7 Å². The Kier molecular flexibility index (Phi) is 5.97. The quantitative estimate of drug-likeness (QED) is 0.601. The van der Waals surface area contributed by atoms with E-state index >= 15 is 0 Å². The van der Waals surface area contributed by atoms with E-state index < -0.39 is 4.92 Å². The first-order valence-electron chi connectivity index (χ1n) is 6.41. The molecular formula is C15H13BrN2O3S. The molecule has 0 unspecified atom stereocenters. The molecule has 2 aromatic rings. The number of rotatable bonds is 6. The summed E-state index contributed by atoms with van der Waals surface area (Å²) in [4.78, 5) is 22.0. The SMILES string of the molecule is O=C(CSCc1ccc(Br)cc1)Nc1cccc([N+](=O)[O-])c1. The van der Waals surface area contributed by atoms with E-state index in [-0.39, 0.29) is 11.6 Å². The Balaban J connectivity index is 1.81. The fourth-order valence-electron chi connectivity index (χ4n) is 1.74. The number of carbonyl (C=O) groups excluding carboxylic acids is 1. The molecule has 0 fully saturated rings. The minimum atomic E-state index is -0.488. The lowest BCUT2D eigenvalue weighted by atomic mass is 10.2. The first kappa shape index (κ1) is 16.5. The molecule has 1 N–H and O–H groups in total. The van der Waals surface area contributed by atoms with Gasteiger partial charge in [-0.15, -0.1) is 11.8 Å². The summed E-state index contributed by atoms with van der Waals surface area (Å²) in [6.07, 6.45) is 0. The summed E-state index contributed by atoms with van der Waals surface area (Å²) in [7, 11) is 0. The van der Waals surface area contributed by atoms with Crippen LogP contribution in [0.4, 0.5) is 11.4 Å². The van der Waals surface area contributed by atoms with Gasteiger partial charge in [-0.2, -0.15) is 0 Å². The zero-order chi connectivity index (χ0) is 15.9. The summed E-state index contributed by atoms with van der Waals surface area (Å²) in [6, 6.07) is 13.8. The number of non-ortho nitro benzene ring substituents is 1. The molecule has 0 aliphatic rings. The number of halogens is 1. The molecule has 0 spiro atoms. The van der Waals surface area contributed by atoms with Crippen molar-refractivity contribution >= 4 is 45.0 Å². The predicted octanol–water partition coefficient (Wildman–Crippen LogP) is 4.23. The Bertz CT molecular complexity index is 677. The second-order valence-electron chi connectivity index (χ2n) is 4.47. The number of hydrogen-bond acceptors (Lipinski definition) is 4. The topological polar surface area (TPSA) is 72.2 Å². The van der Waals surface area contributed by atoms with Gasteiger partial charge in [-0.05, 0) is 23.8 Å². The maximum atomic E-state index is 11.8. The summed E-state index contributed by atoms with van der Waals surface area (Å²) in [5.74, 6) is 0.844. The Hall–Kier alpha value is -1.86. The molecule has 22 heavy (non-hydrogen) atoms. The first-order valence-corrected chi connectivity index (χ1v) is 8.36. The van der Waals surface area contributed by atoms with Crippen LogP contribution >= 0.6 is 27.7 Å². The van der Waals surface area contributed by atoms with Crippen LogP contribution < -0.4 is 5.32 Å². The van der Waals surface area contributed by atoms with Crippen LogP contribution in [0.3, 0.4) is 0 Å². The summed E-state index contributed by atoms with van der Waals surface area (Å²) >= 11 is 4.86. The molecule has 0 aliphatic carbocycles. The predicted molar refractivity (Wildman–Crippen MR) is 92.0 cm³/mol. The number of anilines is 1. The van der Waals surface area contributed by atoms with Crippen LogP contribution in [0.15, 0.2) is 53.0 Å². The van der Waals surface area contributed by atoms with E-state index in [2.05, 4.69) is 21.2 Å². The van der Waals surface area contributed by atoms with Crippen molar-refractivity contribution in [3.8, 4) is 0 Å². The molecule has 0 aliphatic heterocycles. The van der Waals surface area contributed by atoms with Crippen molar-refractivity contribution in [2.24, 2.45) is 0 Å². The van der Waals surface area contributed by atoms with Crippen LogP contribution in [0.5, 0.6) is 0 Å². The average molecular weight is 381 g/mol. The molecule has 1 amide bonds. The van der Waals surface area contributed by atoms with Crippen LogP contribution in [-0.4, -0.2) is 16.6 Å². The lowest BCUT2D eigenvalue weighted by Crippen LogP contribution is -2.14. The Morgan fingerprint density at radius 2 is 1.95 bits per heavy atom. The van der Waals surface area contributed by atoms with Crippen LogP contribution in [0.2, 0.25) is 0 Å². The van der Waals surface area contributed by atoms with Crippen molar-refractivity contribution < 1.29 is 9.72 Å². The summed E-state index contributed by atoms with van der Waals surface area (Å²) in [6.45, 7) is 0. The third-order valence-corrected chi connectivity index (χ3v) is 4.29. The highest BCUT2D eigenvalue weighted by atomic mass is 79.9. The van der Waals surface area contributed by atoms with Crippen LogP contribution in [0.25, 0.3) is 0 Å². The van der Waals surface area contributed by atoms with E-state index in [0.717, 1.165) is 15.8 Å². The highest BCUT2D eigenvalue weighted by Crippen LogP contribution is 2.18. The van der Waals surface area contributed by atoms with E-state index in [1.54, 1.807) is 12.1 Å². The van der Waals surface area contributed by atoms with Crippen molar-refractivity contribution in [1.29, 1.82) is 0 Å². The number of amides is 1. The molecule has 2 aromatic carbocycles. The van der Waals surface area contributed by atoms with Crippen molar-refractivity contribution in [2.45, 2.75) is 5.75 Å². The third-order valence-electron chi connectivity index (χ3n) is 2.76. The molecule has 0 saturated carbocycles. The van der Waals surface area contributed by atoms with Crippen molar-refractivity contribution in [1.82, 2.24) is 0 Å². The summed E-state index contributed by atoms with van der Waals surface area (Å²) < 4.78 is 1.02. The van der Waals surface area contributed by atoms with E-state index in [1.165, 1.54) is 23.9 Å². The minimum Gasteiger partial charge on any atom is -0.325 e. The molecule has 0 heterocycles. The molecule has 0 aromatic heterocycles. The number of nitrogens with one attached hydrogen (secondary N) is 1. The van der Waals surface area contributed by atoms with Gasteiger partial charge in [0, 0.05) is 28.0 Å². The molecule has 0 bridgehead atoms. The van der Waals surface area contributed by atoms with Gasteiger partial charge in [0.25, 0.3) is 5.69 Å². The number of nitro benzene ring substituents is 1. The molecular weight excluding hydrogens is 368 g/mol. The van der Waals surface area contributed by atoms with Gasteiger partial charge in [0.05, 0.1) is 10.7 Å². The smallest absolute Gasteiger partial charge is 0.271 e. The number of thioether (sulfide) groups is 1. The summed E-state index contributed by atoms with van der Waals surface area (Å²) in [5.41, 5.74) is 1.53. The zero-order valence-corrected chi connectivity index (χ0v) is 13.9. The molecule has 2 rings (SSSR count). The van der Waals surface area contributed by atoms with E-state index in [9.17, 15) is 14.9 Å².